The Labute approximate surface area is 97.9 Å². The highest BCUT2D eigenvalue weighted by Gasteiger charge is 2.50. The van der Waals surface area contributed by atoms with Gasteiger partial charge >= 0.3 is 0 Å². The van der Waals surface area contributed by atoms with Gasteiger partial charge in [0.25, 0.3) is 0 Å². The molecule has 1 aliphatic rings. The topological polar surface area (TPSA) is 23.5 Å². The third-order valence-corrected chi connectivity index (χ3v) is 3.85. The summed E-state index contributed by atoms with van der Waals surface area (Å²) in [4.78, 5) is 2.26. The van der Waals surface area contributed by atoms with Crippen molar-refractivity contribution in [1.29, 1.82) is 0 Å². The Morgan fingerprint density at radius 2 is 1.75 bits per heavy atom. The van der Waals surface area contributed by atoms with Crippen LogP contribution < -0.4 is 0 Å². The molecule has 1 aromatic carbocycles. The van der Waals surface area contributed by atoms with Crippen molar-refractivity contribution in [1.82, 2.24) is 4.90 Å². The van der Waals surface area contributed by atoms with E-state index in [1.807, 2.05) is 19.9 Å². The van der Waals surface area contributed by atoms with E-state index < -0.39 is 5.60 Å². The molecule has 16 heavy (non-hydrogen) atoms. The largest absolute Gasteiger partial charge is 0.389 e. The maximum Gasteiger partial charge on any atom is 0.0752 e. The molecule has 1 aromatic rings. The van der Waals surface area contributed by atoms with Crippen LogP contribution in [0.2, 0.25) is 0 Å². The first-order valence-corrected chi connectivity index (χ1v) is 5.92. The lowest BCUT2D eigenvalue weighted by Gasteiger charge is -2.57. The van der Waals surface area contributed by atoms with E-state index in [1.165, 1.54) is 5.56 Å². The molecule has 0 radical (unpaired) electrons. The molecule has 0 amide bonds. The molecule has 2 heteroatoms. The van der Waals surface area contributed by atoms with Crippen LogP contribution in [0.4, 0.5) is 0 Å². The van der Waals surface area contributed by atoms with Crippen LogP contribution >= 0.6 is 0 Å². The van der Waals surface area contributed by atoms with Gasteiger partial charge in [0.2, 0.25) is 0 Å². The highest BCUT2D eigenvalue weighted by Crippen LogP contribution is 2.43. The molecular weight excluding hydrogens is 198 g/mol. The minimum Gasteiger partial charge on any atom is -0.389 e. The summed E-state index contributed by atoms with van der Waals surface area (Å²) in [6.45, 7) is 6.02. The van der Waals surface area contributed by atoms with Crippen LogP contribution in [0.3, 0.4) is 0 Å². The maximum absolute atomic E-state index is 10.2. The standard InChI is InChI=1S/C14H21NO/c1-10-12(11-8-6-5-7-9-11)13(15(10)4)14(2,3)16/h5-10,12-13,16H,1-4H3/t10-,12+,13?/m0/s1. The van der Waals surface area contributed by atoms with Crippen LogP contribution in [0.15, 0.2) is 30.3 Å². The van der Waals surface area contributed by atoms with Gasteiger partial charge < -0.3 is 5.11 Å². The number of benzene rings is 1. The van der Waals surface area contributed by atoms with Crippen LogP contribution in [-0.4, -0.2) is 34.7 Å². The Morgan fingerprint density at radius 3 is 2.25 bits per heavy atom. The van der Waals surface area contributed by atoms with Gasteiger partial charge in [0.05, 0.1) is 5.60 Å². The summed E-state index contributed by atoms with van der Waals surface area (Å²) in [7, 11) is 2.09. The van der Waals surface area contributed by atoms with Crippen molar-refractivity contribution in [2.45, 2.75) is 44.4 Å². The Bertz CT molecular complexity index is 355. The zero-order valence-electron chi connectivity index (χ0n) is 10.5. The lowest BCUT2D eigenvalue weighted by molar-refractivity contribution is -0.104. The first kappa shape index (κ1) is 11.6. The second-order valence-electron chi connectivity index (χ2n) is 5.44. The van der Waals surface area contributed by atoms with Gasteiger partial charge in [-0.1, -0.05) is 30.3 Å². The zero-order valence-corrected chi connectivity index (χ0v) is 10.5. The van der Waals surface area contributed by atoms with E-state index in [0.717, 1.165) is 0 Å². The number of likely N-dealkylation sites (tertiary alicyclic amines) is 1. The maximum atomic E-state index is 10.2. The van der Waals surface area contributed by atoms with Crippen LogP contribution in [-0.2, 0) is 0 Å². The predicted molar refractivity (Wildman–Crippen MR) is 66.5 cm³/mol. The molecule has 1 unspecified atom stereocenters. The molecule has 0 aliphatic carbocycles. The minimum atomic E-state index is -0.651. The van der Waals surface area contributed by atoms with E-state index >= 15 is 0 Å². The van der Waals surface area contributed by atoms with Crippen LogP contribution in [0.25, 0.3) is 0 Å². The fourth-order valence-corrected chi connectivity index (χ4v) is 3.00. The molecule has 3 atom stereocenters. The van der Waals surface area contributed by atoms with Gasteiger partial charge in [-0.25, -0.2) is 0 Å². The van der Waals surface area contributed by atoms with Crippen LogP contribution in [0.1, 0.15) is 32.3 Å². The third-order valence-electron chi connectivity index (χ3n) is 3.85. The van der Waals surface area contributed by atoms with Crippen molar-refractivity contribution in [3.8, 4) is 0 Å². The van der Waals surface area contributed by atoms with Crippen LogP contribution in [0, 0.1) is 0 Å². The first-order valence-electron chi connectivity index (χ1n) is 5.92. The number of nitrogens with zero attached hydrogens (tertiary/aromatic N) is 1. The molecule has 1 fully saturated rings. The monoisotopic (exact) mass is 219 g/mol. The van der Waals surface area contributed by atoms with Crippen molar-refractivity contribution < 1.29 is 5.11 Å². The molecule has 2 rings (SSSR count). The second kappa shape index (κ2) is 3.86. The average molecular weight is 219 g/mol. The number of aliphatic hydroxyl groups is 1. The van der Waals surface area contributed by atoms with E-state index in [1.54, 1.807) is 0 Å². The fraction of sp³-hybridized carbons (Fsp3) is 0.571. The van der Waals surface area contributed by atoms with E-state index in [-0.39, 0.29) is 6.04 Å². The van der Waals surface area contributed by atoms with Crippen molar-refractivity contribution in [2.24, 2.45) is 0 Å². The van der Waals surface area contributed by atoms with Gasteiger partial charge in [-0.3, -0.25) is 4.90 Å². The normalized spacial score (nSPS) is 31.2. The number of hydrogen-bond acceptors (Lipinski definition) is 2. The van der Waals surface area contributed by atoms with Gasteiger partial charge in [0.15, 0.2) is 0 Å². The SMILES string of the molecule is C[C@H]1[C@H](c2ccccc2)C(C(C)(C)O)N1C. The van der Waals surface area contributed by atoms with E-state index in [4.69, 9.17) is 0 Å². The summed E-state index contributed by atoms with van der Waals surface area (Å²) in [5.74, 6) is 0.436. The highest BCUT2D eigenvalue weighted by molar-refractivity contribution is 5.28. The first-order chi connectivity index (χ1) is 7.43. The van der Waals surface area contributed by atoms with Gasteiger partial charge in [0, 0.05) is 18.0 Å². The molecule has 0 bridgehead atoms. The quantitative estimate of drug-likeness (QED) is 0.824. The zero-order chi connectivity index (χ0) is 11.9. The fourth-order valence-electron chi connectivity index (χ4n) is 3.00. The Balaban J connectivity index is 2.28. The van der Waals surface area contributed by atoms with Gasteiger partial charge in [-0.15, -0.1) is 0 Å². The summed E-state index contributed by atoms with van der Waals surface area (Å²) in [6.07, 6.45) is 0. The predicted octanol–water partition coefficient (Wildman–Crippen LogP) is 2.24. The molecule has 1 saturated heterocycles. The molecule has 1 N–H and O–H groups in total. The average Bonchev–Trinajstić information content (AvgIpc) is 2.23. The smallest absolute Gasteiger partial charge is 0.0752 e. The Kier molecular flexibility index (Phi) is 2.81. The lowest BCUT2D eigenvalue weighted by atomic mass is 9.70. The molecule has 0 aromatic heterocycles. The van der Waals surface area contributed by atoms with E-state index in [2.05, 4.69) is 43.1 Å². The molecule has 1 aliphatic heterocycles. The van der Waals surface area contributed by atoms with Crippen molar-refractivity contribution in [2.75, 3.05) is 7.05 Å². The Morgan fingerprint density at radius 1 is 1.19 bits per heavy atom. The molecule has 1 heterocycles. The molecule has 2 nitrogen and oxygen atoms in total. The van der Waals surface area contributed by atoms with Crippen molar-refractivity contribution in [3.05, 3.63) is 35.9 Å². The highest BCUT2D eigenvalue weighted by atomic mass is 16.3. The third kappa shape index (κ3) is 1.76. The molecular formula is C14H21NO. The second-order valence-corrected chi connectivity index (χ2v) is 5.44. The van der Waals surface area contributed by atoms with E-state index in [0.29, 0.717) is 12.0 Å². The van der Waals surface area contributed by atoms with Crippen molar-refractivity contribution >= 4 is 0 Å². The van der Waals surface area contributed by atoms with Gasteiger partial charge in [-0.2, -0.15) is 0 Å². The summed E-state index contributed by atoms with van der Waals surface area (Å²) >= 11 is 0. The number of hydrogen-bond donors (Lipinski definition) is 1. The number of rotatable bonds is 2. The number of likely N-dealkylation sites (N-methyl/N-ethyl adjacent to an activating group) is 1. The Hall–Kier alpha value is -0.860. The van der Waals surface area contributed by atoms with Crippen LogP contribution in [0.5, 0.6) is 0 Å². The van der Waals surface area contributed by atoms with Gasteiger partial charge in [-0.05, 0) is 33.4 Å². The molecule has 0 saturated carbocycles. The summed E-state index contributed by atoms with van der Waals surface area (Å²) in [5.41, 5.74) is 0.683. The van der Waals surface area contributed by atoms with E-state index in [9.17, 15) is 5.11 Å². The molecule has 88 valence electrons. The summed E-state index contributed by atoms with van der Waals surface area (Å²) < 4.78 is 0. The summed E-state index contributed by atoms with van der Waals surface area (Å²) in [5, 5.41) is 10.2. The van der Waals surface area contributed by atoms with Crippen molar-refractivity contribution in [3.63, 3.8) is 0 Å². The minimum absolute atomic E-state index is 0.213. The van der Waals surface area contributed by atoms with Gasteiger partial charge in [0.1, 0.15) is 0 Å². The molecule has 0 spiro atoms. The summed E-state index contributed by atoms with van der Waals surface area (Å²) in [6, 6.07) is 11.2. The lowest BCUT2D eigenvalue weighted by Crippen LogP contribution is -2.66.